The van der Waals surface area contributed by atoms with Crippen LogP contribution in [0.5, 0.6) is 5.88 Å². The second-order valence-corrected chi connectivity index (χ2v) is 17.8. The van der Waals surface area contributed by atoms with Gasteiger partial charge in [0.1, 0.15) is 35.1 Å². The molecular formula is C42H43N7O9S. The van der Waals surface area contributed by atoms with Gasteiger partial charge in [-0.2, -0.15) is 0 Å². The van der Waals surface area contributed by atoms with Gasteiger partial charge >= 0.3 is 0 Å². The van der Waals surface area contributed by atoms with Crippen LogP contribution < -0.4 is 20.1 Å². The first kappa shape index (κ1) is 38.4. The zero-order chi connectivity index (χ0) is 40.9. The van der Waals surface area contributed by atoms with Crippen molar-refractivity contribution in [2.24, 2.45) is 5.92 Å². The molecule has 2 saturated carbocycles. The number of carbonyl (C=O) groups excluding carboxylic acids is 4. The number of aromatic nitrogens is 3. The molecule has 0 bridgehead atoms. The summed E-state index contributed by atoms with van der Waals surface area (Å²) < 4.78 is 46.0. The Morgan fingerprint density at radius 2 is 1.76 bits per heavy atom. The predicted molar refractivity (Wildman–Crippen MR) is 213 cm³/mol. The number of carbonyl (C=O) groups is 4. The van der Waals surface area contributed by atoms with Crippen molar-refractivity contribution in [3.8, 4) is 17.3 Å². The lowest BCUT2D eigenvalue weighted by molar-refractivity contribution is -0.141. The third-order valence-corrected chi connectivity index (χ3v) is 13.3. The number of amides is 4. The number of allylic oxidation sites excluding steroid dienone is 1. The van der Waals surface area contributed by atoms with Crippen molar-refractivity contribution in [2.75, 3.05) is 6.54 Å². The highest BCUT2D eigenvalue weighted by atomic mass is 32.2. The minimum absolute atomic E-state index is 0.00938. The van der Waals surface area contributed by atoms with Gasteiger partial charge in [-0.1, -0.05) is 60.5 Å². The molecule has 2 aromatic carbocycles. The molecule has 9 rings (SSSR count). The number of benzene rings is 2. The maximum atomic E-state index is 14.7. The van der Waals surface area contributed by atoms with E-state index in [1.165, 1.54) is 11.0 Å². The molecule has 0 unspecified atom stereocenters. The number of hydrogen-bond donors (Lipinski definition) is 3. The molecule has 5 aromatic rings. The summed E-state index contributed by atoms with van der Waals surface area (Å²) in [4.78, 5) is 67.6. The normalized spacial score (nSPS) is 25.1. The molecule has 4 amide bonds. The maximum absolute atomic E-state index is 14.7. The van der Waals surface area contributed by atoms with Crippen molar-refractivity contribution >= 4 is 55.7 Å². The van der Waals surface area contributed by atoms with Crippen LogP contribution in [0.2, 0.25) is 0 Å². The van der Waals surface area contributed by atoms with E-state index in [-0.39, 0.29) is 37.4 Å². The van der Waals surface area contributed by atoms with Crippen molar-refractivity contribution in [2.45, 2.75) is 93.7 Å². The Bertz CT molecular complexity index is 2580. The van der Waals surface area contributed by atoms with Crippen molar-refractivity contribution in [1.82, 2.24) is 35.4 Å². The van der Waals surface area contributed by atoms with E-state index in [1.54, 1.807) is 13.0 Å². The lowest BCUT2D eigenvalue weighted by Gasteiger charge is -2.29. The second-order valence-electron chi connectivity index (χ2n) is 15.9. The molecule has 3 aromatic heterocycles. The maximum Gasteiger partial charge on any atom is 0.274 e. The van der Waals surface area contributed by atoms with Gasteiger partial charge in [0.2, 0.25) is 27.7 Å². The Morgan fingerprint density at radius 3 is 2.53 bits per heavy atom. The molecule has 306 valence electrons. The quantitative estimate of drug-likeness (QED) is 0.185. The lowest BCUT2D eigenvalue weighted by atomic mass is 10.0. The Labute approximate surface area is 339 Å². The molecule has 0 radical (unpaired) electrons. The van der Waals surface area contributed by atoms with Crippen LogP contribution in [0.15, 0.2) is 81.8 Å². The van der Waals surface area contributed by atoms with Crippen LogP contribution in [0.4, 0.5) is 0 Å². The van der Waals surface area contributed by atoms with Crippen LogP contribution >= 0.6 is 0 Å². The van der Waals surface area contributed by atoms with E-state index in [1.807, 2.05) is 60.7 Å². The minimum Gasteiger partial charge on any atom is -0.471 e. The molecule has 16 nitrogen and oxygen atoms in total. The molecule has 2 aliphatic heterocycles. The molecule has 5 heterocycles. The van der Waals surface area contributed by atoms with Crippen LogP contribution in [-0.4, -0.2) is 87.6 Å². The van der Waals surface area contributed by atoms with E-state index >= 15 is 0 Å². The summed E-state index contributed by atoms with van der Waals surface area (Å²) in [5.41, 5.74) is 0.591. The number of ether oxygens (including phenoxy) is 1. The van der Waals surface area contributed by atoms with Gasteiger partial charge < -0.3 is 29.2 Å². The molecule has 2 aliphatic carbocycles. The van der Waals surface area contributed by atoms with Crippen LogP contribution in [0.3, 0.4) is 0 Å². The highest BCUT2D eigenvalue weighted by molar-refractivity contribution is 7.91. The van der Waals surface area contributed by atoms with Crippen molar-refractivity contribution in [3.05, 3.63) is 84.3 Å². The SMILES string of the molecule is Cc1cc(C(=O)N[C@H]2CCCCCC=C[C@@H]3C[C@@]3(C(=O)NS(=O)(=O)C3CC3)NC(=O)[C@@H]3C[C@@H](Oc4nc5ccccc5nc4-c4cc5ccccc5o4)CN3C2=O)no1. The molecule has 4 aliphatic rings. The number of nitrogens with one attached hydrogen (secondary N) is 3. The summed E-state index contributed by atoms with van der Waals surface area (Å²) in [5, 5.41) is 9.74. The van der Waals surface area contributed by atoms with Crippen LogP contribution in [0, 0.1) is 12.8 Å². The molecule has 5 atom stereocenters. The zero-order valence-electron chi connectivity index (χ0n) is 32.3. The highest BCUT2D eigenvalue weighted by Crippen LogP contribution is 2.46. The van der Waals surface area contributed by atoms with Gasteiger partial charge in [-0.05, 0) is 69.7 Å². The fourth-order valence-electron chi connectivity index (χ4n) is 8.04. The summed E-state index contributed by atoms with van der Waals surface area (Å²) in [5.74, 6) is -2.10. The average molecular weight is 822 g/mol. The van der Waals surface area contributed by atoms with Crippen LogP contribution in [0.25, 0.3) is 33.5 Å². The topological polar surface area (TPSA) is 216 Å². The van der Waals surface area contributed by atoms with E-state index < -0.39 is 68.5 Å². The summed E-state index contributed by atoms with van der Waals surface area (Å²) in [7, 11) is -3.92. The van der Waals surface area contributed by atoms with Crippen LogP contribution in [0.1, 0.15) is 74.0 Å². The second kappa shape index (κ2) is 15.3. The monoisotopic (exact) mass is 821 g/mol. The number of sulfonamides is 1. The van der Waals surface area contributed by atoms with E-state index in [0.29, 0.717) is 59.5 Å². The third kappa shape index (κ3) is 7.78. The number of hydrogen-bond acceptors (Lipinski definition) is 12. The van der Waals surface area contributed by atoms with E-state index in [4.69, 9.17) is 23.6 Å². The van der Waals surface area contributed by atoms with Crippen LogP contribution in [-0.2, 0) is 24.4 Å². The number of fused-ring (bicyclic) bond motifs is 4. The van der Waals surface area contributed by atoms with Gasteiger partial charge in [-0.25, -0.2) is 18.4 Å². The van der Waals surface area contributed by atoms with Gasteiger partial charge in [0.25, 0.3) is 11.8 Å². The largest absolute Gasteiger partial charge is 0.471 e. The minimum atomic E-state index is -3.92. The van der Waals surface area contributed by atoms with Gasteiger partial charge in [0.15, 0.2) is 17.1 Å². The summed E-state index contributed by atoms with van der Waals surface area (Å²) >= 11 is 0. The first-order valence-corrected chi connectivity index (χ1v) is 21.5. The van der Waals surface area contributed by atoms with Gasteiger partial charge in [0, 0.05) is 23.8 Å². The van der Waals surface area contributed by atoms with Crippen molar-refractivity contribution in [3.63, 3.8) is 0 Å². The summed E-state index contributed by atoms with van der Waals surface area (Å²) in [6.45, 7) is 1.57. The zero-order valence-corrected chi connectivity index (χ0v) is 33.1. The number of aryl methyl sites for hydroxylation is 1. The standard InChI is InChI=1S/C42H43N7O9S/c1-24-19-32(47-58-24)37(50)44-31-15-6-4-2-3-5-12-26-22-42(26,41(53)48-59(54,55)28-17-18-28)46-38(51)33-21-27(23-49(33)40(31)52)56-39-36(43-29-13-8-9-14-30(29)45-39)35-20-25-11-7-10-16-34(25)57-35/h5,7-14,16,19-20,26-28,31,33H,2-4,6,15,17-18,21-23H2,1H3,(H,44,50)(H,46,51)(H,48,53)/t26-,27-,31+,33+,42-/m1/s1. The van der Waals surface area contributed by atoms with E-state index in [2.05, 4.69) is 20.5 Å². The first-order chi connectivity index (χ1) is 28.5. The Kier molecular flexibility index (Phi) is 9.93. The first-order valence-electron chi connectivity index (χ1n) is 20.0. The van der Waals surface area contributed by atoms with E-state index in [0.717, 1.165) is 18.2 Å². The fourth-order valence-corrected chi connectivity index (χ4v) is 9.40. The lowest BCUT2D eigenvalue weighted by Crippen LogP contribution is -2.58. The van der Waals surface area contributed by atoms with Gasteiger partial charge in [-0.15, -0.1) is 0 Å². The molecule has 59 heavy (non-hydrogen) atoms. The smallest absolute Gasteiger partial charge is 0.274 e. The highest BCUT2D eigenvalue weighted by Gasteiger charge is 2.62. The summed E-state index contributed by atoms with van der Waals surface area (Å²) in [6, 6.07) is 15.9. The number of furan rings is 1. The number of nitrogens with zero attached hydrogens (tertiary/aromatic N) is 4. The molecular weight excluding hydrogens is 779 g/mol. The predicted octanol–water partition coefficient (Wildman–Crippen LogP) is 4.49. The van der Waals surface area contributed by atoms with Gasteiger partial charge in [0.05, 0.1) is 22.8 Å². The fraction of sp³-hybridized carbons (Fsp3) is 0.405. The molecule has 17 heteroatoms. The molecule has 3 fully saturated rings. The third-order valence-electron chi connectivity index (χ3n) is 11.5. The number of rotatable bonds is 8. The summed E-state index contributed by atoms with van der Waals surface area (Å²) in [6.07, 6.45) is 7.12. The molecule has 1 saturated heterocycles. The Morgan fingerprint density at radius 1 is 0.983 bits per heavy atom. The Hall–Kier alpha value is -6.10. The van der Waals surface area contributed by atoms with Crippen molar-refractivity contribution in [1.29, 1.82) is 0 Å². The average Bonchev–Trinajstić information content (AvgIpc) is 4.04. The number of para-hydroxylation sites is 3. The van der Waals surface area contributed by atoms with Crippen molar-refractivity contribution < 1.29 is 41.3 Å². The van der Waals surface area contributed by atoms with Gasteiger partial charge in [-0.3, -0.25) is 23.9 Å². The molecule has 3 N–H and O–H groups in total. The Balaban J connectivity index is 1.06. The van der Waals surface area contributed by atoms with E-state index in [9.17, 15) is 27.6 Å². The molecule has 0 spiro atoms.